The van der Waals surface area contributed by atoms with E-state index < -0.39 is 30.8 Å². The Morgan fingerprint density at radius 3 is 2.00 bits per heavy atom. The zero-order chi connectivity index (χ0) is 14.4. The highest BCUT2D eigenvalue weighted by Gasteiger charge is 2.16. The number of hydrogen-bond donors (Lipinski definition) is 2. The van der Waals surface area contributed by atoms with Crippen LogP contribution in [0.2, 0.25) is 0 Å². The third-order valence-electron chi connectivity index (χ3n) is 2.49. The van der Waals surface area contributed by atoms with Gasteiger partial charge in [-0.1, -0.05) is 6.07 Å². The standard InChI is InChI=1S/C10H8NO6S2/c11-9-4-7-3-8(18(12,13)14)2-1-6(7)5-10(9)19(15,16)17/h1-5,11H,(H,12,13,14)(H,15,16,17). The third kappa shape index (κ3) is 2.68. The van der Waals surface area contributed by atoms with Crippen LogP contribution in [-0.2, 0) is 20.2 Å². The van der Waals surface area contributed by atoms with Crippen molar-refractivity contribution >= 4 is 36.7 Å². The van der Waals surface area contributed by atoms with Gasteiger partial charge in [0.05, 0.1) is 10.6 Å². The minimum atomic E-state index is -4.52. The van der Waals surface area contributed by atoms with Crippen LogP contribution >= 0.6 is 0 Å². The Hall–Kier alpha value is -1.68. The van der Waals surface area contributed by atoms with Gasteiger partial charge in [-0.15, -0.1) is 0 Å². The second-order valence-corrected chi connectivity index (χ2v) is 6.62. The molecular formula is C10H8NO6S2. The summed E-state index contributed by atoms with van der Waals surface area (Å²) in [6.45, 7) is 0. The van der Waals surface area contributed by atoms with E-state index in [2.05, 4.69) is 0 Å². The van der Waals surface area contributed by atoms with Crippen LogP contribution in [0.15, 0.2) is 40.1 Å². The molecule has 0 saturated carbocycles. The Bertz CT molecular complexity index is 870. The van der Waals surface area contributed by atoms with E-state index in [9.17, 15) is 16.8 Å². The van der Waals surface area contributed by atoms with Crippen molar-refractivity contribution < 1.29 is 25.9 Å². The number of nitrogens with one attached hydrogen (secondary N) is 1. The van der Waals surface area contributed by atoms with Crippen LogP contribution in [0.4, 0.5) is 5.69 Å². The molecule has 1 radical (unpaired) electrons. The van der Waals surface area contributed by atoms with Gasteiger partial charge in [0, 0.05) is 0 Å². The van der Waals surface area contributed by atoms with Crippen molar-refractivity contribution in [1.82, 2.24) is 5.73 Å². The lowest BCUT2D eigenvalue weighted by Crippen LogP contribution is -2.00. The molecule has 101 valence electrons. The van der Waals surface area contributed by atoms with Gasteiger partial charge in [0.1, 0.15) is 4.90 Å². The van der Waals surface area contributed by atoms with Crippen molar-refractivity contribution in [3.63, 3.8) is 0 Å². The summed E-state index contributed by atoms with van der Waals surface area (Å²) in [6.07, 6.45) is 0. The molecule has 0 fully saturated rings. The van der Waals surface area contributed by atoms with Crippen LogP contribution < -0.4 is 5.73 Å². The van der Waals surface area contributed by atoms with E-state index >= 15 is 0 Å². The molecule has 3 N–H and O–H groups in total. The summed E-state index contributed by atoms with van der Waals surface area (Å²) >= 11 is 0. The predicted octanol–water partition coefficient (Wildman–Crippen LogP) is 1.25. The van der Waals surface area contributed by atoms with Gasteiger partial charge < -0.3 is 0 Å². The summed E-state index contributed by atoms with van der Waals surface area (Å²) in [5.41, 5.74) is 7.01. The maximum atomic E-state index is 11.0. The Labute approximate surface area is 109 Å². The molecule has 2 rings (SSSR count). The average molecular weight is 302 g/mol. The number of benzene rings is 2. The lowest BCUT2D eigenvalue weighted by atomic mass is 10.1. The van der Waals surface area contributed by atoms with E-state index in [1.54, 1.807) is 0 Å². The highest BCUT2D eigenvalue weighted by Crippen LogP contribution is 2.28. The smallest absolute Gasteiger partial charge is 0.296 e. The van der Waals surface area contributed by atoms with E-state index in [1.165, 1.54) is 6.07 Å². The van der Waals surface area contributed by atoms with Gasteiger partial charge in [0.15, 0.2) is 0 Å². The summed E-state index contributed by atoms with van der Waals surface area (Å²) in [7, 11) is -8.89. The van der Waals surface area contributed by atoms with Crippen LogP contribution in [0.1, 0.15) is 0 Å². The first-order valence-electron chi connectivity index (χ1n) is 4.83. The summed E-state index contributed by atoms with van der Waals surface area (Å²) in [5, 5.41) is 0.573. The number of rotatable bonds is 2. The van der Waals surface area contributed by atoms with Crippen molar-refractivity contribution in [1.29, 1.82) is 0 Å². The fraction of sp³-hybridized carbons (Fsp3) is 0. The molecule has 0 bridgehead atoms. The first-order valence-corrected chi connectivity index (χ1v) is 7.71. The zero-order valence-corrected chi connectivity index (χ0v) is 10.9. The monoisotopic (exact) mass is 302 g/mol. The molecule has 0 aromatic heterocycles. The summed E-state index contributed by atoms with van der Waals surface area (Å²) in [5.74, 6) is 0. The van der Waals surface area contributed by atoms with Crippen molar-refractivity contribution in [2.24, 2.45) is 0 Å². The molecule has 0 aliphatic rings. The van der Waals surface area contributed by atoms with E-state index in [0.29, 0.717) is 5.39 Å². The minimum Gasteiger partial charge on any atom is -0.299 e. The SMILES string of the molecule is [NH]c1cc2cc(S(=O)(=O)O)ccc2cc1S(=O)(=O)O. The van der Waals surface area contributed by atoms with Gasteiger partial charge in [0.2, 0.25) is 0 Å². The second-order valence-electron chi connectivity index (χ2n) is 3.81. The van der Waals surface area contributed by atoms with E-state index in [0.717, 1.165) is 24.3 Å². The molecule has 0 heterocycles. The molecule has 7 nitrogen and oxygen atoms in total. The van der Waals surface area contributed by atoms with Crippen LogP contribution in [-0.4, -0.2) is 25.9 Å². The summed E-state index contributed by atoms with van der Waals surface area (Å²) in [4.78, 5) is -0.932. The highest BCUT2D eigenvalue weighted by atomic mass is 32.2. The molecule has 2 aromatic carbocycles. The maximum Gasteiger partial charge on any atom is 0.296 e. The van der Waals surface area contributed by atoms with Crippen LogP contribution in [0.5, 0.6) is 0 Å². The first-order chi connectivity index (χ1) is 8.59. The molecule has 2 aromatic rings. The van der Waals surface area contributed by atoms with E-state index in [4.69, 9.17) is 14.8 Å². The Kier molecular flexibility index (Phi) is 3.01. The molecule has 9 heteroatoms. The van der Waals surface area contributed by atoms with Gasteiger partial charge >= 0.3 is 0 Å². The number of fused-ring (bicyclic) bond motifs is 1. The van der Waals surface area contributed by atoms with Crippen LogP contribution in [0.3, 0.4) is 0 Å². The second kappa shape index (κ2) is 4.17. The Morgan fingerprint density at radius 1 is 0.842 bits per heavy atom. The molecular weight excluding hydrogens is 294 g/mol. The Balaban J connectivity index is 2.80. The fourth-order valence-corrected chi connectivity index (χ4v) is 2.76. The molecule has 0 aliphatic carbocycles. The predicted molar refractivity (Wildman–Crippen MR) is 66.3 cm³/mol. The molecule has 0 amide bonds. The Morgan fingerprint density at radius 2 is 1.47 bits per heavy atom. The highest BCUT2D eigenvalue weighted by molar-refractivity contribution is 7.86. The fourth-order valence-electron chi connectivity index (χ4n) is 1.63. The van der Waals surface area contributed by atoms with Crippen molar-refractivity contribution in [3.05, 3.63) is 30.3 Å². The molecule has 0 saturated heterocycles. The third-order valence-corrected chi connectivity index (χ3v) is 4.23. The maximum absolute atomic E-state index is 11.0. The van der Waals surface area contributed by atoms with E-state index in [1.807, 2.05) is 0 Å². The average Bonchev–Trinajstić information content (AvgIpc) is 2.24. The van der Waals surface area contributed by atoms with Gasteiger partial charge in [-0.25, -0.2) is 0 Å². The number of hydrogen-bond acceptors (Lipinski definition) is 4. The van der Waals surface area contributed by atoms with Gasteiger partial charge in [-0.3, -0.25) is 14.8 Å². The first kappa shape index (κ1) is 13.7. The lowest BCUT2D eigenvalue weighted by molar-refractivity contribution is 0.481. The zero-order valence-electron chi connectivity index (χ0n) is 9.23. The topological polar surface area (TPSA) is 133 Å². The minimum absolute atomic E-state index is 0.257. The summed E-state index contributed by atoms with van der Waals surface area (Å²) < 4.78 is 61.8. The largest absolute Gasteiger partial charge is 0.299 e. The molecule has 0 atom stereocenters. The summed E-state index contributed by atoms with van der Waals surface area (Å²) in [6, 6.07) is 5.62. The molecule has 0 spiro atoms. The van der Waals surface area contributed by atoms with Gasteiger partial charge in [-0.2, -0.15) is 16.8 Å². The van der Waals surface area contributed by atoms with Crippen molar-refractivity contribution in [3.8, 4) is 0 Å². The molecule has 19 heavy (non-hydrogen) atoms. The molecule has 0 unspecified atom stereocenters. The quantitative estimate of drug-likeness (QED) is 0.802. The molecule has 0 aliphatic heterocycles. The van der Waals surface area contributed by atoms with Gasteiger partial charge in [0.25, 0.3) is 20.2 Å². The normalized spacial score (nSPS) is 12.7. The van der Waals surface area contributed by atoms with Crippen molar-refractivity contribution in [2.45, 2.75) is 9.79 Å². The van der Waals surface area contributed by atoms with Crippen LogP contribution in [0.25, 0.3) is 10.8 Å². The van der Waals surface area contributed by atoms with Crippen molar-refractivity contribution in [2.75, 3.05) is 0 Å². The lowest BCUT2D eigenvalue weighted by Gasteiger charge is -2.05. The van der Waals surface area contributed by atoms with E-state index in [-0.39, 0.29) is 10.3 Å². The van der Waals surface area contributed by atoms with Crippen LogP contribution in [0, 0.1) is 0 Å². The van der Waals surface area contributed by atoms with Gasteiger partial charge in [-0.05, 0) is 35.0 Å².